The molecule has 0 spiro atoms. The molecule has 3 rings (SSSR count). The van der Waals surface area contributed by atoms with E-state index in [4.69, 9.17) is 12.2 Å². The molecule has 1 unspecified atom stereocenters. The number of aryl methyl sites for hydroxylation is 1. The number of aliphatic hydroxyl groups is 1. The van der Waals surface area contributed by atoms with Crippen LogP contribution in [-0.2, 0) is 12.8 Å². The molecule has 0 aromatic carbocycles. The Kier molecular flexibility index (Phi) is 2.48. The van der Waals surface area contributed by atoms with Gasteiger partial charge in [-0.25, -0.2) is 9.50 Å². The molecule has 2 N–H and O–H groups in total. The normalized spacial score (nSPS) is 17.1. The van der Waals surface area contributed by atoms with Crippen molar-refractivity contribution in [2.24, 2.45) is 0 Å². The zero-order chi connectivity index (χ0) is 12.0. The largest absolute Gasteiger partial charge is 0.385 e. The highest BCUT2D eigenvalue weighted by atomic mass is 32.1. The zero-order valence-corrected chi connectivity index (χ0v) is 10.4. The maximum absolute atomic E-state index is 9.51. The summed E-state index contributed by atoms with van der Waals surface area (Å²) in [5.41, 5.74) is 2.23. The maximum Gasteiger partial charge on any atom is 0.252 e. The topological polar surface area (TPSA) is 66.2 Å². The minimum Gasteiger partial charge on any atom is -0.385 e. The first-order chi connectivity index (χ1) is 8.16. The van der Waals surface area contributed by atoms with Crippen molar-refractivity contribution >= 4 is 18.0 Å². The molecule has 0 fully saturated rings. The Bertz CT molecular complexity index is 628. The average molecular weight is 250 g/mol. The van der Waals surface area contributed by atoms with Gasteiger partial charge in [-0.15, -0.1) is 0 Å². The SMILES string of the molecule is CC(O)c1nc2nc3c(c(=S)n2[nH]1)CCCC3. The molecule has 1 aliphatic rings. The summed E-state index contributed by atoms with van der Waals surface area (Å²) >= 11 is 5.45. The Balaban J connectivity index is 2.29. The molecule has 2 aromatic heterocycles. The number of hydrogen-bond donors (Lipinski definition) is 2. The molecule has 0 saturated carbocycles. The Hall–Kier alpha value is -1.27. The van der Waals surface area contributed by atoms with Crippen LogP contribution < -0.4 is 0 Å². The van der Waals surface area contributed by atoms with Crippen molar-refractivity contribution in [3.63, 3.8) is 0 Å². The van der Waals surface area contributed by atoms with Gasteiger partial charge in [-0.1, -0.05) is 12.2 Å². The van der Waals surface area contributed by atoms with E-state index >= 15 is 0 Å². The summed E-state index contributed by atoms with van der Waals surface area (Å²) in [5.74, 6) is 1.07. The van der Waals surface area contributed by atoms with Crippen molar-refractivity contribution in [2.45, 2.75) is 38.7 Å². The lowest BCUT2D eigenvalue weighted by Gasteiger charge is -2.14. The molecule has 2 heterocycles. The molecule has 17 heavy (non-hydrogen) atoms. The van der Waals surface area contributed by atoms with E-state index < -0.39 is 6.10 Å². The number of H-pyrrole nitrogens is 1. The molecule has 0 bridgehead atoms. The van der Waals surface area contributed by atoms with Gasteiger partial charge in [0.1, 0.15) is 10.7 Å². The van der Waals surface area contributed by atoms with Crippen molar-refractivity contribution < 1.29 is 5.11 Å². The molecule has 0 amide bonds. The Morgan fingerprint density at radius 1 is 1.35 bits per heavy atom. The monoisotopic (exact) mass is 250 g/mol. The van der Waals surface area contributed by atoms with Crippen LogP contribution in [0.1, 0.15) is 43.0 Å². The number of fused-ring (bicyclic) bond motifs is 2. The predicted molar refractivity (Wildman–Crippen MR) is 65.4 cm³/mol. The van der Waals surface area contributed by atoms with E-state index in [0.29, 0.717) is 11.6 Å². The Morgan fingerprint density at radius 2 is 2.12 bits per heavy atom. The van der Waals surface area contributed by atoms with Gasteiger partial charge in [0.2, 0.25) is 0 Å². The maximum atomic E-state index is 9.51. The number of aromatic nitrogens is 4. The second kappa shape index (κ2) is 3.89. The number of aliphatic hydroxyl groups excluding tert-OH is 1. The lowest BCUT2D eigenvalue weighted by atomic mass is 9.98. The first-order valence-corrected chi connectivity index (χ1v) is 6.26. The van der Waals surface area contributed by atoms with Crippen LogP contribution in [0.25, 0.3) is 5.78 Å². The minimum absolute atomic E-state index is 0.506. The molecule has 5 nitrogen and oxygen atoms in total. The van der Waals surface area contributed by atoms with Crippen molar-refractivity contribution in [1.29, 1.82) is 0 Å². The third-order valence-corrected chi connectivity index (χ3v) is 3.61. The number of nitrogens with zero attached hydrogens (tertiary/aromatic N) is 3. The van der Waals surface area contributed by atoms with Gasteiger partial charge in [0, 0.05) is 5.56 Å². The number of hydrogen-bond acceptors (Lipinski definition) is 4. The Labute approximate surface area is 104 Å². The molecule has 0 radical (unpaired) electrons. The van der Waals surface area contributed by atoms with Crippen LogP contribution in [-0.4, -0.2) is 24.7 Å². The van der Waals surface area contributed by atoms with E-state index in [9.17, 15) is 5.11 Å². The van der Waals surface area contributed by atoms with Gasteiger partial charge in [-0.05, 0) is 32.6 Å². The lowest BCUT2D eigenvalue weighted by Crippen LogP contribution is -2.10. The summed E-state index contributed by atoms with van der Waals surface area (Å²) in [4.78, 5) is 8.78. The minimum atomic E-state index is -0.636. The smallest absolute Gasteiger partial charge is 0.252 e. The highest BCUT2D eigenvalue weighted by Crippen LogP contribution is 2.21. The molecular weight excluding hydrogens is 236 g/mol. The van der Waals surface area contributed by atoms with Crippen LogP contribution in [0.3, 0.4) is 0 Å². The third kappa shape index (κ3) is 1.68. The second-order valence-corrected chi connectivity index (χ2v) is 4.86. The van der Waals surface area contributed by atoms with Crippen LogP contribution in [0.4, 0.5) is 0 Å². The number of nitrogens with one attached hydrogen (secondary N) is 1. The van der Waals surface area contributed by atoms with Crippen LogP contribution in [0.15, 0.2) is 0 Å². The first kappa shape index (κ1) is 10.9. The summed E-state index contributed by atoms with van der Waals surface area (Å²) < 4.78 is 2.45. The highest BCUT2D eigenvalue weighted by Gasteiger charge is 2.17. The van der Waals surface area contributed by atoms with Gasteiger partial charge in [-0.3, -0.25) is 5.10 Å². The van der Waals surface area contributed by atoms with Crippen LogP contribution in [0.2, 0.25) is 0 Å². The second-order valence-electron chi connectivity index (χ2n) is 4.47. The van der Waals surface area contributed by atoms with E-state index in [1.54, 1.807) is 11.4 Å². The summed E-state index contributed by atoms with van der Waals surface area (Å²) in [6.07, 6.45) is 3.67. The first-order valence-electron chi connectivity index (χ1n) is 5.85. The average Bonchev–Trinajstić information content (AvgIpc) is 2.74. The molecular formula is C11H14N4OS. The van der Waals surface area contributed by atoms with Gasteiger partial charge in [0.25, 0.3) is 5.78 Å². The third-order valence-electron chi connectivity index (χ3n) is 3.18. The van der Waals surface area contributed by atoms with Gasteiger partial charge in [-0.2, -0.15) is 4.98 Å². The van der Waals surface area contributed by atoms with E-state index in [1.165, 1.54) is 12.8 Å². The van der Waals surface area contributed by atoms with Crippen LogP contribution >= 0.6 is 12.2 Å². The quantitative estimate of drug-likeness (QED) is 0.756. The summed E-state index contributed by atoms with van der Waals surface area (Å²) in [7, 11) is 0. The van der Waals surface area contributed by atoms with Crippen molar-refractivity contribution in [1.82, 2.24) is 19.6 Å². The Morgan fingerprint density at radius 3 is 2.88 bits per heavy atom. The van der Waals surface area contributed by atoms with E-state index in [0.717, 1.165) is 28.7 Å². The number of rotatable bonds is 1. The van der Waals surface area contributed by atoms with E-state index in [2.05, 4.69) is 15.1 Å². The van der Waals surface area contributed by atoms with Gasteiger partial charge in [0.15, 0.2) is 5.82 Å². The molecule has 1 aliphatic carbocycles. The molecule has 0 aliphatic heterocycles. The molecule has 0 saturated heterocycles. The molecule has 6 heteroatoms. The summed E-state index contributed by atoms with van der Waals surface area (Å²) in [6, 6.07) is 0. The zero-order valence-electron chi connectivity index (χ0n) is 9.60. The van der Waals surface area contributed by atoms with Crippen molar-refractivity contribution in [3.8, 4) is 0 Å². The number of aromatic amines is 1. The summed E-state index contributed by atoms with van der Waals surface area (Å²) in [6.45, 7) is 1.67. The van der Waals surface area contributed by atoms with Gasteiger partial charge in [0.05, 0.1) is 5.69 Å². The molecule has 1 atom stereocenters. The standard InChI is InChI=1S/C11H14N4OS/c1-6(16)9-13-11-12-8-5-3-2-4-7(8)10(17)15(11)14-9/h6,16H,2-5H2,1H3,(H,12,13,14). The lowest BCUT2D eigenvalue weighted by molar-refractivity contribution is 0.189. The fourth-order valence-electron chi connectivity index (χ4n) is 2.25. The fourth-order valence-corrected chi connectivity index (χ4v) is 2.60. The van der Waals surface area contributed by atoms with E-state index in [-0.39, 0.29) is 0 Å². The highest BCUT2D eigenvalue weighted by molar-refractivity contribution is 7.71. The van der Waals surface area contributed by atoms with Gasteiger partial charge >= 0.3 is 0 Å². The van der Waals surface area contributed by atoms with Crippen LogP contribution in [0.5, 0.6) is 0 Å². The van der Waals surface area contributed by atoms with Crippen molar-refractivity contribution in [3.05, 3.63) is 21.7 Å². The predicted octanol–water partition coefficient (Wildman–Crippen LogP) is 1.72. The van der Waals surface area contributed by atoms with Crippen LogP contribution in [0, 0.1) is 4.64 Å². The fraction of sp³-hybridized carbons (Fsp3) is 0.545. The van der Waals surface area contributed by atoms with Gasteiger partial charge < -0.3 is 5.11 Å². The van der Waals surface area contributed by atoms with Crippen molar-refractivity contribution in [2.75, 3.05) is 0 Å². The van der Waals surface area contributed by atoms with E-state index in [1.807, 2.05) is 0 Å². The molecule has 90 valence electrons. The molecule has 2 aromatic rings. The summed E-state index contributed by atoms with van der Waals surface area (Å²) in [5, 5.41) is 12.5.